The topological polar surface area (TPSA) is 20.3 Å². The van der Waals surface area contributed by atoms with E-state index in [9.17, 15) is 4.79 Å². The molecule has 2 heterocycles. The van der Waals surface area contributed by atoms with Gasteiger partial charge in [0.15, 0.2) is 5.78 Å². The monoisotopic (exact) mass is 247 g/mol. The molecule has 1 aromatic rings. The second-order valence-corrected chi connectivity index (χ2v) is 5.25. The average molecular weight is 248 g/mol. The Labute approximate surface area is 106 Å². The molecule has 3 rings (SSSR count). The third kappa shape index (κ3) is 1.77. The van der Waals surface area contributed by atoms with E-state index in [0.717, 1.165) is 23.7 Å². The number of nitrogens with zero attached hydrogens (tertiary/aromatic N) is 1. The van der Waals surface area contributed by atoms with E-state index in [1.165, 1.54) is 11.3 Å². The predicted octanol–water partition coefficient (Wildman–Crippen LogP) is 3.51. The summed E-state index contributed by atoms with van der Waals surface area (Å²) in [5, 5.41) is 0.788. The average Bonchev–Trinajstić information content (AvgIpc) is 2.29. The zero-order chi connectivity index (χ0) is 12.0. The molecule has 2 aliphatic heterocycles. The number of rotatable bonds is 0. The van der Waals surface area contributed by atoms with Gasteiger partial charge in [-0.1, -0.05) is 18.5 Å². The summed E-state index contributed by atoms with van der Waals surface area (Å²) in [7, 11) is 0. The molecule has 0 N–H and O–H groups in total. The molecule has 0 bridgehead atoms. The molecule has 0 unspecified atom stereocenters. The molecule has 2 aliphatic rings. The molecule has 0 aromatic heterocycles. The van der Waals surface area contributed by atoms with Crippen molar-refractivity contribution in [1.82, 2.24) is 0 Å². The molecule has 2 nitrogen and oxygen atoms in total. The van der Waals surface area contributed by atoms with Crippen LogP contribution < -0.4 is 4.90 Å². The summed E-state index contributed by atoms with van der Waals surface area (Å²) in [5.41, 5.74) is 3.67. The number of benzene rings is 1. The van der Waals surface area contributed by atoms with E-state index in [-0.39, 0.29) is 5.78 Å². The Morgan fingerprint density at radius 2 is 2.24 bits per heavy atom. The van der Waals surface area contributed by atoms with Crippen LogP contribution in [0.5, 0.6) is 0 Å². The van der Waals surface area contributed by atoms with Crippen molar-refractivity contribution in [2.24, 2.45) is 0 Å². The smallest absolute Gasteiger partial charge is 0.159 e. The molecule has 17 heavy (non-hydrogen) atoms. The van der Waals surface area contributed by atoms with Crippen LogP contribution in [0.1, 0.15) is 31.2 Å². The molecule has 0 saturated heterocycles. The van der Waals surface area contributed by atoms with Gasteiger partial charge in [-0.15, -0.1) is 0 Å². The van der Waals surface area contributed by atoms with Crippen LogP contribution in [0.3, 0.4) is 0 Å². The van der Waals surface area contributed by atoms with E-state index in [1.807, 2.05) is 6.07 Å². The minimum Gasteiger partial charge on any atom is -0.344 e. The van der Waals surface area contributed by atoms with Gasteiger partial charge in [0.2, 0.25) is 0 Å². The lowest BCUT2D eigenvalue weighted by molar-refractivity contribution is -0.114. The first kappa shape index (κ1) is 10.8. The number of ketones is 1. The summed E-state index contributed by atoms with van der Waals surface area (Å²) < 4.78 is 0. The molecule has 3 heteroatoms. The van der Waals surface area contributed by atoms with Crippen molar-refractivity contribution in [3.63, 3.8) is 0 Å². The van der Waals surface area contributed by atoms with Gasteiger partial charge in [-0.2, -0.15) is 0 Å². The Hall–Kier alpha value is -1.28. The van der Waals surface area contributed by atoms with E-state index in [2.05, 4.69) is 24.0 Å². The van der Waals surface area contributed by atoms with Crippen LogP contribution in [0, 0.1) is 0 Å². The summed E-state index contributed by atoms with van der Waals surface area (Å²) in [6.45, 7) is 2.98. The van der Waals surface area contributed by atoms with Gasteiger partial charge in [0.05, 0.1) is 0 Å². The zero-order valence-electron chi connectivity index (χ0n) is 9.74. The molecule has 0 fully saturated rings. The van der Waals surface area contributed by atoms with Crippen LogP contribution in [0.4, 0.5) is 5.69 Å². The van der Waals surface area contributed by atoms with Gasteiger partial charge in [-0.3, -0.25) is 4.79 Å². The van der Waals surface area contributed by atoms with Crippen LogP contribution >= 0.6 is 11.6 Å². The first-order chi connectivity index (χ1) is 8.15. The minimum atomic E-state index is 0.251. The van der Waals surface area contributed by atoms with Crippen molar-refractivity contribution in [2.75, 3.05) is 11.4 Å². The summed E-state index contributed by atoms with van der Waals surface area (Å²) in [4.78, 5) is 13.7. The number of hydrogen-bond donors (Lipinski definition) is 0. The fourth-order valence-corrected chi connectivity index (χ4v) is 2.92. The largest absolute Gasteiger partial charge is 0.344 e. The normalized spacial score (nSPS) is 22.9. The molecule has 0 saturated carbocycles. The quantitative estimate of drug-likeness (QED) is 0.699. The molecule has 1 aromatic carbocycles. The Kier molecular flexibility index (Phi) is 2.48. The molecule has 0 spiro atoms. The fourth-order valence-electron chi connectivity index (χ4n) is 2.74. The van der Waals surface area contributed by atoms with Crippen LogP contribution in [0.25, 0.3) is 0 Å². The van der Waals surface area contributed by atoms with Crippen molar-refractivity contribution in [2.45, 2.75) is 25.7 Å². The lowest BCUT2D eigenvalue weighted by Crippen LogP contribution is -2.34. The Morgan fingerprint density at radius 1 is 1.41 bits per heavy atom. The number of allylic oxidation sites excluding steroid dienone is 2. The third-order valence-electron chi connectivity index (χ3n) is 3.58. The van der Waals surface area contributed by atoms with E-state index in [1.54, 1.807) is 6.08 Å². The van der Waals surface area contributed by atoms with Crippen LogP contribution in [0.15, 0.2) is 30.0 Å². The van der Waals surface area contributed by atoms with Crippen molar-refractivity contribution in [1.29, 1.82) is 0 Å². The van der Waals surface area contributed by atoms with E-state index in [4.69, 9.17) is 11.6 Å². The van der Waals surface area contributed by atoms with Crippen molar-refractivity contribution in [3.05, 3.63) is 40.6 Å². The maximum Gasteiger partial charge on any atom is 0.159 e. The van der Waals surface area contributed by atoms with Gasteiger partial charge in [0.25, 0.3) is 0 Å². The Balaban J connectivity index is 2.12. The number of carbonyl (C=O) groups excluding carboxylic acids is 1. The van der Waals surface area contributed by atoms with Crippen molar-refractivity contribution >= 4 is 23.1 Å². The van der Waals surface area contributed by atoms with E-state index < -0.39 is 0 Å². The number of hydrogen-bond acceptors (Lipinski definition) is 2. The van der Waals surface area contributed by atoms with E-state index >= 15 is 0 Å². The SMILES string of the molecule is C[C@@H]1CC2=CC(=O)CCN2c2ccc(Cl)cc21. The van der Waals surface area contributed by atoms with Crippen LogP contribution in [0.2, 0.25) is 5.02 Å². The highest BCUT2D eigenvalue weighted by atomic mass is 35.5. The number of carbonyl (C=O) groups is 1. The first-order valence-corrected chi connectivity index (χ1v) is 6.33. The van der Waals surface area contributed by atoms with Gasteiger partial charge >= 0.3 is 0 Å². The van der Waals surface area contributed by atoms with E-state index in [0.29, 0.717) is 12.3 Å². The highest BCUT2D eigenvalue weighted by Crippen LogP contribution is 2.42. The third-order valence-corrected chi connectivity index (χ3v) is 3.82. The molecule has 0 aliphatic carbocycles. The predicted molar refractivity (Wildman–Crippen MR) is 69.5 cm³/mol. The highest BCUT2D eigenvalue weighted by Gasteiger charge is 2.29. The Morgan fingerprint density at radius 3 is 3.06 bits per heavy atom. The maximum atomic E-state index is 11.5. The van der Waals surface area contributed by atoms with Gasteiger partial charge < -0.3 is 4.90 Å². The number of fused-ring (bicyclic) bond motifs is 3. The van der Waals surface area contributed by atoms with Gasteiger partial charge in [-0.25, -0.2) is 0 Å². The second-order valence-electron chi connectivity index (χ2n) is 4.81. The molecule has 0 radical (unpaired) electrons. The molecule has 1 atom stereocenters. The van der Waals surface area contributed by atoms with Gasteiger partial charge in [0, 0.05) is 35.4 Å². The maximum absolute atomic E-state index is 11.5. The summed E-state index contributed by atoms with van der Waals surface area (Å²) in [6, 6.07) is 6.04. The highest BCUT2D eigenvalue weighted by molar-refractivity contribution is 6.30. The first-order valence-electron chi connectivity index (χ1n) is 5.95. The summed E-state index contributed by atoms with van der Waals surface area (Å²) >= 11 is 6.05. The lowest BCUT2D eigenvalue weighted by Gasteiger charge is -2.38. The molecule has 0 amide bonds. The Bertz CT molecular complexity index is 521. The summed E-state index contributed by atoms with van der Waals surface area (Å²) in [6.07, 6.45) is 3.34. The molecular formula is C14H14ClNO. The lowest BCUT2D eigenvalue weighted by atomic mass is 9.87. The van der Waals surface area contributed by atoms with Crippen LogP contribution in [-0.4, -0.2) is 12.3 Å². The molecule has 88 valence electrons. The standard InChI is InChI=1S/C14H14ClNO/c1-9-6-11-8-12(17)4-5-16(11)14-3-2-10(15)7-13(9)14/h2-3,7-9H,4-6H2,1H3/t9-/m1/s1. The van der Waals surface area contributed by atoms with Gasteiger partial charge in [0.1, 0.15) is 0 Å². The van der Waals surface area contributed by atoms with Crippen molar-refractivity contribution in [3.8, 4) is 0 Å². The minimum absolute atomic E-state index is 0.251. The summed E-state index contributed by atoms with van der Waals surface area (Å²) in [5.74, 6) is 0.679. The zero-order valence-corrected chi connectivity index (χ0v) is 10.5. The fraction of sp³-hybridized carbons (Fsp3) is 0.357. The number of anilines is 1. The molecular weight excluding hydrogens is 234 g/mol. The van der Waals surface area contributed by atoms with Crippen molar-refractivity contribution < 1.29 is 4.79 Å². The van der Waals surface area contributed by atoms with Gasteiger partial charge in [-0.05, 0) is 36.1 Å². The number of halogens is 1. The van der Waals surface area contributed by atoms with Crippen LogP contribution in [-0.2, 0) is 4.79 Å². The second kappa shape index (κ2) is 3.88.